The van der Waals surface area contributed by atoms with E-state index < -0.39 is 0 Å². The van der Waals surface area contributed by atoms with E-state index in [2.05, 4.69) is 4.98 Å². The highest BCUT2D eigenvalue weighted by Crippen LogP contribution is 2.17. The number of nitrogens with zero attached hydrogens (tertiary/aromatic N) is 1. The van der Waals surface area contributed by atoms with Gasteiger partial charge in [-0.25, -0.2) is 4.98 Å². The Morgan fingerprint density at radius 1 is 1.62 bits per heavy atom. The summed E-state index contributed by atoms with van der Waals surface area (Å²) in [5, 5.41) is 0. The van der Waals surface area contributed by atoms with Crippen LogP contribution in [-0.2, 0) is 0 Å². The fourth-order valence-electron chi connectivity index (χ4n) is 1.04. The van der Waals surface area contributed by atoms with E-state index in [1.807, 2.05) is 6.92 Å². The first-order chi connectivity index (χ1) is 6.29. The van der Waals surface area contributed by atoms with Crippen molar-refractivity contribution in [1.29, 1.82) is 0 Å². The maximum atomic E-state index is 11.7. The maximum Gasteiger partial charge on any atom is 0.208 e. The SMILES string of the molecule is Cc1ncsc1C(=O)c1ccoc1. The third-order valence-electron chi connectivity index (χ3n) is 1.74. The monoisotopic (exact) mass is 193 g/mol. The Morgan fingerprint density at radius 2 is 2.46 bits per heavy atom. The number of hydrogen-bond acceptors (Lipinski definition) is 4. The lowest BCUT2D eigenvalue weighted by Gasteiger charge is -1.92. The molecule has 0 unspecified atom stereocenters. The van der Waals surface area contributed by atoms with Crippen LogP contribution in [0.1, 0.15) is 20.9 Å². The van der Waals surface area contributed by atoms with Crippen LogP contribution in [0.4, 0.5) is 0 Å². The van der Waals surface area contributed by atoms with Gasteiger partial charge in [-0.1, -0.05) is 0 Å². The van der Waals surface area contributed by atoms with Gasteiger partial charge in [-0.3, -0.25) is 4.79 Å². The van der Waals surface area contributed by atoms with Crippen molar-refractivity contribution in [3.05, 3.63) is 40.2 Å². The minimum Gasteiger partial charge on any atom is -0.472 e. The maximum absolute atomic E-state index is 11.7. The number of hydrogen-bond donors (Lipinski definition) is 0. The second kappa shape index (κ2) is 3.14. The molecule has 66 valence electrons. The molecule has 4 heteroatoms. The average molecular weight is 193 g/mol. The highest BCUT2D eigenvalue weighted by atomic mass is 32.1. The molecular weight excluding hydrogens is 186 g/mol. The van der Waals surface area contributed by atoms with Gasteiger partial charge in [0.25, 0.3) is 0 Å². The van der Waals surface area contributed by atoms with E-state index in [-0.39, 0.29) is 5.78 Å². The lowest BCUT2D eigenvalue weighted by molar-refractivity contribution is 0.104. The Hall–Kier alpha value is -1.42. The number of aromatic nitrogens is 1. The first-order valence-corrected chi connectivity index (χ1v) is 4.64. The van der Waals surface area contributed by atoms with E-state index in [1.54, 1.807) is 11.6 Å². The second-order valence-electron chi connectivity index (χ2n) is 2.61. The molecule has 0 spiro atoms. The number of carbonyl (C=O) groups is 1. The molecule has 2 rings (SSSR count). The Labute approximate surface area is 79.0 Å². The highest BCUT2D eigenvalue weighted by molar-refractivity contribution is 7.12. The van der Waals surface area contributed by atoms with Crippen LogP contribution in [0.15, 0.2) is 28.5 Å². The van der Waals surface area contributed by atoms with E-state index in [9.17, 15) is 4.79 Å². The Kier molecular flexibility index (Phi) is 1.98. The first-order valence-electron chi connectivity index (χ1n) is 3.76. The van der Waals surface area contributed by atoms with Gasteiger partial charge in [0.2, 0.25) is 5.78 Å². The minimum absolute atomic E-state index is 0.0197. The van der Waals surface area contributed by atoms with Gasteiger partial charge in [0.15, 0.2) is 0 Å². The predicted octanol–water partition coefficient (Wildman–Crippen LogP) is 2.28. The molecule has 0 aliphatic heterocycles. The van der Waals surface area contributed by atoms with Crippen LogP contribution in [0.3, 0.4) is 0 Å². The molecule has 2 heterocycles. The molecule has 0 atom stereocenters. The van der Waals surface area contributed by atoms with Crippen molar-refractivity contribution in [2.75, 3.05) is 0 Å². The summed E-state index contributed by atoms with van der Waals surface area (Å²) in [6.07, 6.45) is 2.94. The van der Waals surface area contributed by atoms with Crippen LogP contribution in [-0.4, -0.2) is 10.8 Å². The third-order valence-corrected chi connectivity index (χ3v) is 2.66. The van der Waals surface area contributed by atoms with Gasteiger partial charge >= 0.3 is 0 Å². The van der Waals surface area contributed by atoms with E-state index in [4.69, 9.17) is 4.42 Å². The number of rotatable bonds is 2. The molecule has 0 amide bonds. The molecule has 0 bridgehead atoms. The second-order valence-corrected chi connectivity index (χ2v) is 3.46. The fourth-order valence-corrected chi connectivity index (χ4v) is 1.81. The molecular formula is C9H7NO2S. The van der Waals surface area contributed by atoms with Crippen molar-refractivity contribution >= 4 is 17.1 Å². The van der Waals surface area contributed by atoms with Crippen molar-refractivity contribution in [3.8, 4) is 0 Å². The molecule has 2 aromatic heterocycles. The summed E-state index contributed by atoms with van der Waals surface area (Å²) < 4.78 is 4.84. The van der Waals surface area contributed by atoms with Crippen LogP contribution in [0, 0.1) is 6.92 Å². The van der Waals surface area contributed by atoms with Crippen molar-refractivity contribution < 1.29 is 9.21 Å². The molecule has 13 heavy (non-hydrogen) atoms. The Morgan fingerprint density at radius 3 is 3.00 bits per heavy atom. The van der Waals surface area contributed by atoms with Gasteiger partial charge in [0.1, 0.15) is 6.26 Å². The van der Waals surface area contributed by atoms with Gasteiger partial charge in [-0.05, 0) is 13.0 Å². The molecule has 0 aliphatic rings. The van der Waals surface area contributed by atoms with Gasteiger partial charge in [0, 0.05) is 0 Å². The smallest absolute Gasteiger partial charge is 0.208 e. The molecule has 0 radical (unpaired) electrons. The Bertz CT molecular complexity index is 417. The fraction of sp³-hybridized carbons (Fsp3) is 0.111. The summed E-state index contributed by atoms with van der Waals surface area (Å²) >= 11 is 1.35. The number of carbonyl (C=O) groups excluding carboxylic acids is 1. The van der Waals surface area contributed by atoms with Crippen molar-refractivity contribution in [3.63, 3.8) is 0 Å². The normalized spacial score (nSPS) is 10.2. The predicted molar refractivity (Wildman–Crippen MR) is 49.0 cm³/mol. The van der Waals surface area contributed by atoms with Gasteiger partial charge in [0.05, 0.1) is 27.9 Å². The molecule has 2 aromatic rings. The van der Waals surface area contributed by atoms with Crippen molar-refractivity contribution in [2.24, 2.45) is 0 Å². The van der Waals surface area contributed by atoms with Crippen molar-refractivity contribution in [2.45, 2.75) is 6.92 Å². The zero-order chi connectivity index (χ0) is 9.26. The zero-order valence-electron chi connectivity index (χ0n) is 6.98. The topological polar surface area (TPSA) is 43.1 Å². The molecule has 0 fully saturated rings. The third kappa shape index (κ3) is 1.40. The summed E-state index contributed by atoms with van der Waals surface area (Å²) in [4.78, 5) is 16.4. The van der Waals surface area contributed by atoms with Gasteiger partial charge in [-0.2, -0.15) is 0 Å². The number of aryl methyl sites for hydroxylation is 1. The summed E-state index contributed by atoms with van der Waals surface area (Å²) in [6, 6.07) is 1.65. The molecule has 0 aliphatic carbocycles. The molecule has 0 N–H and O–H groups in total. The average Bonchev–Trinajstić information content (AvgIpc) is 2.72. The number of ketones is 1. The van der Waals surface area contributed by atoms with Gasteiger partial charge in [-0.15, -0.1) is 11.3 Å². The first kappa shape index (κ1) is 8.19. The summed E-state index contributed by atoms with van der Waals surface area (Å²) in [6.45, 7) is 1.82. The van der Waals surface area contributed by atoms with Gasteiger partial charge < -0.3 is 4.42 Å². The van der Waals surface area contributed by atoms with Crippen LogP contribution < -0.4 is 0 Å². The zero-order valence-corrected chi connectivity index (χ0v) is 7.80. The lowest BCUT2D eigenvalue weighted by atomic mass is 10.2. The van der Waals surface area contributed by atoms with E-state index in [1.165, 1.54) is 23.9 Å². The van der Waals surface area contributed by atoms with Crippen LogP contribution >= 0.6 is 11.3 Å². The molecule has 0 saturated carbocycles. The highest BCUT2D eigenvalue weighted by Gasteiger charge is 2.14. The lowest BCUT2D eigenvalue weighted by Crippen LogP contribution is -1.98. The molecule has 3 nitrogen and oxygen atoms in total. The van der Waals surface area contributed by atoms with E-state index in [0.717, 1.165) is 5.69 Å². The molecule has 0 saturated heterocycles. The summed E-state index contributed by atoms with van der Waals surface area (Å²) in [5.74, 6) is -0.0197. The minimum atomic E-state index is -0.0197. The number of thiazole rings is 1. The van der Waals surface area contributed by atoms with Crippen LogP contribution in [0.5, 0.6) is 0 Å². The van der Waals surface area contributed by atoms with E-state index >= 15 is 0 Å². The molecule has 0 aromatic carbocycles. The van der Waals surface area contributed by atoms with E-state index in [0.29, 0.717) is 10.4 Å². The standard InChI is InChI=1S/C9H7NO2S/c1-6-9(13-5-10-6)8(11)7-2-3-12-4-7/h2-5H,1H3. The summed E-state index contributed by atoms with van der Waals surface area (Å²) in [7, 11) is 0. The van der Waals surface area contributed by atoms with Crippen molar-refractivity contribution in [1.82, 2.24) is 4.98 Å². The largest absolute Gasteiger partial charge is 0.472 e. The quantitative estimate of drug-likeness (QED) is 0.687. The Balaban J connectivity index is 2.39. The number of furan rings is 1. The van der Waals surface area contributed by atoms with Crippen LogP contribution in [0.2, 0.25) is 0 Å². The van der Waals surface area contributed by atoms with Crippen LogP contribution in [0.25, 0.3) is 0 Å². The summed E-state index contributed by atoms with van der Waals surface area (Å²) in [5.41, 5.74) is 3.02.